The average Bonchev–Trinajstić information content (AvgIpc) is 2.74. The van der Waals surface area contributed by atoms with Gasteiger partial charge in [-0.3, -0.25) is 4.79 Å². The molecule has 1 amide bonds. The molecular formula is C16H21N3O. The zero-order chi connectivity index (χ0) is 14.2. The molecule has 20 heavy (non-hydrogen) atoms. The number of carbonyl (C=O) groups excluding carboxylic acids is 1. The van der Waals surface area contributed by atoms with Crippen LogP contribution in [0, 0.1) is 17.8 Å². The molecule has 0 aliphatic heterocycles. The monoisotopic (exact) mass is 271 g/mol. The molecule has 0 aromatic carbocycles. The maximum atomic E-state index is 12.2. The minimum Gasteiger partial charge on any atom is -0.320 e. The van der Waals surface area contributed by atoms with E-state index >= 15 is 0 Å². The molecule has 1 heterocycles. The number of amides is 1. The van der Waals surface area contributed by atoms with Crippen LogP contribution in [0.5, 0.6) is 0 Å². The Hall–Kier alpha value is -1.86. The third-order valence-electron chi connectivity index (χ3n) is 3.57. The molecule has 3 N–H and O–H groups in total. The van der Waals surface area contributed by atoms with E-state index in [0.717, 1.165) is 31.2 Å². The van der Waals surface area contributed by atoms with Crippen molar-refractivity contribution in [2.24, 2.45) is 11.7 Å². The Labute approximate surface area is 120 Å². The Balaban J connectivity index is 1.99. The number of nitrogens with two attached hydrogens (primary N) is 1. The first kappa shape index (κ1) is 14.5. The first-order chi connectivity index (χ1) is 9.79. The number of hydrogen-bond donors (Lipinski definition) is 2. The van der Waals surface area contributed by atoms with Crippen molar-refractivity contribution in [2.45, 2.75) is 38.5 Å². The van der Waals surface area contributed by atoms with E-state index in [1.165, 1.54) is 12.8 Å². The summed E-state index contributed by atoms with van der Waals surface area (Å²) in [5.41, 5.74) is 6.17. The van der Waals surface area contributed by atoms with Crippen LogP contribution < -0.4 is 11.1 Å². The number of rotatable bonds is 2. The number of hydrogen-bond acceptors (Lipinski definition) is 3. The first-order valence-electron chi connectivity index (χ1n) is 7.25. The molecule has 1 aromatic heterocycles. The summed E-state index contributed by atoms with van der Waals surface area (Å²) < 4.78 is 0. The highest BCUT2D eigenvalue weighted by molar-refractivity contribution is 5.91. The largest absolute Gasteiger partial charge is 0.320 e. The molecule has 0 bridgehead atoms. The van der Waals surface area contributed by atoms with Gasteiger partial charge in [0.2, 0.25) is 5.91 Å². The van der Waals surface area contributed by atoms with Gasteiger partial charge in [0.1, 0.15) is 5.82 Å². The summed E-state index contributed by atoms with van der Waals surface area (Å²) in [5, 5.41) is 2.91. The van der Waals surface area contributed by atoms with Crippen LogP contribution in [-0.2, 0) is 4.79 Å². The number of nitrogens with one attached hydrogen (secondary N) is 1. The SMILES string of the molecule is NCC#Cc1ccnc(NC(=O)C2CCCCCC2)c1. The average molecular weight is 271 g/mol. The molecule has 4 heteroatoms. The molecular weight excluding hydrogens is 250 g/mol. The molecule has 0 saturated heterocycles. The van der Waals surface area contributed by atoms with Crippen LogP contribution in [0.4, 0.5) is 5.82 Å². The smallest absolute Gasteiger partial charge is 0.228 e. The van der Waals surface area contributed by atoms with Gasteiger partial charge in [-0.15, -0.1) is 0 Å². The molecule has 2 rings (SSSR count). The summed E-state index contributed by atoms with van der Waals surface area (Å²) >= 11 is 0. The van der Waals surface area contributed by atoms with Gasteiger partial charge in [-0.25, -0.2) is 4.98 Å². The van der Waals surface area contributed by atoms with E-state index in [-0.39, 0.29) is 11.8 Å². The van der Waals surface area contributed by atoms with Gasteiger partial charge in [-0.1, -0.05) is 37.5 Å². The Morgan fingerprint density at radius 1 is 1.35 bits per heavy atom. The van der Waals surface area contributed by atoms with Gasteiger partial charge in [0.25, 0.3) is 0 Å². The van der Waals surface area contributed by atoms with Crippen LogP contribution in [0.3, 0.4) is 0 Å². The molecule has 0 atom stereocenters. The van der Waals surface area contributed by atoms with Crippen molar-refractivity contribution < 1.29 is 4.79 Å². The zero-order valence-electron chi connectivity index (χ0n) is 11.7. The van der Waals surface area contributed by atoms with E-state index in [9.17, 15) is 4.79 Å². The summed E-state index contributed by atoms with van der Waals surface area (Å²) in [6, 6.07) is 3.60. The first-order valence-corrected chi connectivity index (χ1v) is 7.25. The summed E-state index contributed by atoms with van der Waals surface area (Å²) in [6.07, 6.45) is 8.40. The van der Waals surface area contributed by atoms with Gasteiger partial charge in [0, 0.05) is 17.7 Å². The van der Waals surface area contributed by atoms with Gasteiger partial charge in [0.15, 0.2) is 0 Å². The summed E-state index contributed by atoms with van der Waals surface area (Å²) in [7, 11) is 0. The number of carbonyl (C=O) groups is 1. The molecule has 1 saturated carbocycles. The van der Waals surface area contributed by atoms with Gasteiger partial charge in [-0.2, -0.15) is 0 Å². The molecule has 0 radical (unpaired) electrons. The van der Waals surface area contributed by atoms with E-state index in [0.29, 0.717) is 12.4 Å². The van der Waals surface area contributed by atoms with Crippen LogP contribution in [0.25, 0.3) is 0 Å². The van der Waals surface area contributed by atoms with Crippen LogP contribution in [0.15, 0.2) is 18.3 Å². The van der Waals surface area contributed by atoms with Gasteiger partial charge < -0.3 is 11.1 Å². The highest BCUT2D eigenvalue weighted by Crippen LogP contribution is 2.23. The number of nitrogens with zero attached hydrogens (tertiary/aromatic N) is 1. The lowest BCUT2D eigenvalue weighted by atomic mass is 9.99. The number of pyridine rings is 1. The fourth-order valence-corrected chi connectivity index (χ4v) is 2.50. The topological polar surface area (TPSA) is 68.0 Å². The lowest BCUT2D eigenvalue weighted by molar-refractivity contribution is -0.120. The van der Waals surface area contributed by atoms with Crippen molar-refractivity contribution >= 4 is 11.7 Å². The van der Waals surface area contributed by atoms with Gasteiger partial charge in [-0.05, 0) is 25.0 Å². The molecule has 1 aliphatic rings. The summed E-state index contributed by atoms with van der Waals surface area (Å²) in [6.45, 7) is 0.325. The van der Waals surface area contributed by atoms with Crippen molar-refractivity contribution in [3.8, 4) is 11.8 Å². The quantitative estimate of drug-likeness (QED) is 0.640. The number of anilines is 1. The van der Waals surface area contributed by atoms with Crippen LogP contribution in [0.2, 0.25) is 0 Å². The predicted octanol–water partition coefficient (Wildman–Crippen LogP) is 2.30. The Morgan fingerprint density at radius 3 is 2.80 bits per heavy atom. The van der Waals surface area contributed by atoms with Crippen LogP contribution >= 0.6 is 0 Å². The molecule has 1 fully saturated rings. The minimum atomic E-state index is 0.0864. The summed E-state index contributed by atoms with van der Waals surface area (Å²) in [4.78, 5) is 16.4. The van der Waals surface area contributed by atoms with E-state index in [1.54, 1.807) is 12.3 Å². The third kappa shape index (κ3) is 4.36. The molecule has 0 unspecified atom stereocenters. The molecule has 1 aromatic rings. The molecule has 4 nitrogen and oxygen atoms in total. The third-order valence-corrected chi connectivity index (χ3v) is 3.57. The maximum absolute atomic E-state index is 12.2. The van der Waals surface area contributed by atoms with Crippen LogP contribution in [0.1, 0.15) is 44.1 Å². The second-order valence-electron chi connectivity index (χ2n) is 5.11. The Bertz CT molecular complexity index is 508. The molecule has 0 spiro atoms. The summed E-state index contributed by atoms with van der Waals surface area (Å²) in [5.74, 6) is 6.52. The highest BCUT2D eigenvalue weighted by atomic mass is 16.1. The van der Waals surface area contributed by atoms with E-state index in [1.807, 2.05) is 6.07 Å². The highest BCUT2D eigenvalue weighted by Gasteiger charge is 2.20. The molecule has 1 aliphatic carbocycles. The Morgan fingerprint density at radius 2 is 2.10 bits per heavy atom. The van der Waals surface area contributed by atoms with Crippen molar-refractivity contribution in [3.63, 3.8) is 0 Å². The number of aromatic nitrogens is 1. The van der Waals surface area contributed by atoms with Crippen molar-refractivity contribution in [3.05, 3.63) is 23.9 Å². The lowest BCUT2D eigenvalue weighted by Crippen LogP contribution is -2.22. The molecule has 106 valence electrons. The Kier molecular flexibility index (Phi) is 5.57. The second kappa shape index (κ2) is 7.66. The zero-order valence-corrected chi connectivity index (χ0v) is 11.7. The minimum absolute atomic E-state index is 0.0864. The fraction of sp³-hybridized carbons (Fsp3) is 0.500. The lowest BCUT2D eigenvalue weighted by Gasteiger charge is -2.13. The fourth-order valence-electron chi connectivity index (χ4n) is 2.50. The van der Waals surface area contributed by atoms with E-state index in [2.05, 4.69) is 22.1 Å². The van der Waals surface area contributed by atoms with Crippen molar-refractivity contribution in [1.82, 2.24) is 4.98 Å². The maximum Gasteiger partial charge on any atom is 0.228 e. The van der Waals surface area contributed by atoms with Gasteiger partial charge >= 0.3 is 0 Å². The van der Waals surface area contributed by atoms with Gasteiger partial charge in [0.05, 0.1) is 6.54 Å². The standard InChI is InChI=1S/C16H21N3O/c17-10-5-6-13-9-11-18-15(12-13)19-16(20)14-7-3-1-2-4-8-14/h9,11-12,14H,1-4,7-8,10,17H2,(H,18,19,20). The van der Waals surface area contributed by atoms with E-state index < -0.39 is 0 Å². The van der Waals surface area contributed by atoms with Crippen molar-refractivity contribution in [2.75, 3.05) is 11.9 Å². The second-order valence-corrected chi connectivity index (χ2v) is 5.11. The van der Waals surface area contributed by atoms with Crippen molar-refractivity contribution in [1.29, 1.82) is 0 Å². The predicted molar refractivity (Wildman–Crippen MR) is 80.0 cm³/mol. The normalized spacial score (nSPS) is 15.8. The van der Waals surface area contributed by atoms with E-state index in [4.69, 9.17) is 5.73 Å². The van der Waals surface area contributed by atoms with Crippen LogP contribution in [-0.4, -0.2) is 17.4 Å².